The zero-order valence-corrected chi connectivity index (χ0v) is 19.2. The normalized spacial score (nSPS) is 11.8. The fourth-order valence-corrected chi connectivity index (χ4v) is 3.50. The molecule has 3 rings (SSSR count). The van der Waals surface area contributed by atoms with Crippen LogP contribution in [0.5, 0.6) is 11.5 Å². The number of hydrogen-bond acceptors (Lipinski definition) is 3. The van der Waals surface area contributed by atoms with E-state index in [1.54, 1.807) is 42.5 Å². The van der Waals surface area contributed by atoms with Gasteiger partial charge in [-0.25, -0.2) is 8.78 Å². The first-order valence-corrected chi connectivity index (χ1v) is 11.4. The van der Waals surface area contributed by atoms with E-state index in [0.29, 0.717) is 35.3 Å². The Hall–Kier alpha value is -3.25. The lowest BCUT2D eigenvalue weighted by Crippen LogP contribution is -2.02. The molecule has 6 heteroatoms. The highest BCUT2D eigenvalue weighted by Crippen LogP contribution is 2.31. The van der Waals surface area contributed by atoms with Crippen molar-refractivity contribution in [3.05, 3.63) is 95.8 Å². The number of allylic oxidation sites excluding steroid dienone is 1. The van der Waals surface area contributed by atoms with Crippen molar-refractivity contribution in [2.75, 3.05) is 6.61 Å². The van der Waals surface area contributed by atoms with E-state index in [0.717, 1.165) is 12.8 Å². The fraction of sp³-hybridized carbons (Fsp3) is 0.286. The van der Waals surface area contributed by atoms with E-state index in [9.17, 15) is 18.3 Å². The second-order valence-corrected chi connectivity index (χ2v) is 7.99. The second-order valence-electron chi connectivity index (χ2n) is 7.99. The summed E-state index contributed by atoms with van der Waals surface area (Å²) < 4.78 is 54.4. The molecule has 1 unspecified atom stereocenters. The predicted octanol–water partition coefficient (Wildman–Crippen LogP) is 7.53. The maximum Gasteiger partial charge on any atom is 0.201 e. The largest absolute Gasteiger partial charge is 0.490 e. The minimum atomic E-state index is -1.03. The van der Waals surface area contributed by atoms with Crippen molar-refractivity contribution in [1.29, 1.82) is 0 Å². The van der Waals surface area contributed by atoms with Crippen molar-refractivity contribution in [2.24, 2.45) is 0 Å². The number of ether oxygens (including phenoxy) is 2. The van der Waals surface area contributed by atoms with E-state index in [2.05, 4.69) is 6.58 Å². The maximum atomic E-state index is 14.6. The molecule has 0 aliphatic carbocycles. The Balaban J connectivity index is 1.64. The summed E-state index contributed by atoms with van der Waals surface area (Å²) in [5, 5.41) is 10.0. The van der Waals surface area contributed by atoms with Crippen molar-refractivity contribution in [3.8, 4) is 22.6 Å². The highest BCUT2D eigenvalue weighted by molar-refractivity contribution is 5.66. The van der Waals surface area contributed by atoms with E-state index < -0.39 is 23.6 Å². The molecule has 34 heavy (non-hydrogen) atoms. The maximum absolute atomic E-state index is 14.6. The molecule has 0 radical (unpaired) electrons. The molecule has 0 saturated heterocycles. The van der Waals surface area contributed by atoms with Crippen molar-refractivity contribution in [3.63, 3.8) is 0 Å². The number of aliphatic hydroxyl groups excluding tert-OH is 1. The van der Waals surface area contributed by atoms with Gasteiger partial charge in [0.15, 0.2) is 11.6 Å². The molecule has 1 N–H and O–H groups in total. The molecule has 3 aromatic carbocycles. The smallest absolute Gasteiger partial charge is 0.201 e. The van der Waals surface area contributed by atoms with Gasteiger partial charge < -0.3 is 14.6 Å². The number of halogens is 3. The standard InChI is InChI=1S/C28H29F3O3/c1-3-5-6-16-33-26-15-14-23(27(30)28(26)31)19-10-12-22(13-11-19)34-18-21-9-8-20(17-24(21)29)25(32)7-4-2/h3,8-15,17,25,32H,1,4-7,16,18H2,2H3. The van der Waals surface area contributed by atoms with Crippen LogP contribution in [-0.4, -0.2) is 11.7 Å². The summed E-state index contributed by atoms with van der Waals surface area (Å²) in [6.07, 6.45) is 3.82. The molecular formula is C28H29F3O3. The van der Waals surface area contributed by atoms with E-state index >= 15 is 0 Å². The molecular weight excluding hydrogens is 441 g/mol. The molecule has 1 atom stereocenters. The minimum Gasteiger partial charge on any atom is -0.490 e. The molecule has 0 saturated carbocycles. The van der Waals surface area contributed by atoms with Gasteiger partial charge in [-0.2, -0.15) is 4.39 Å². The molecule has 0 heterocycles. The first-order valence-electron chi connectivity index (χ1n) is 11.4. The van der Waals surface area contributed by atoms with Gasteiger partial charge in [-0.1, -0.05) is 43.7 Å². The molecule has 0 spiro atoms. The monoisotopic (exact) mass is 470 g/mol. The fourth-order valence-electron chi connectivity index (χ4n) is 3.50. The summed E-state index contributed by atoms with van der Waals surface area (Å²) in [6, 6.07) is 13.9. The SMILES string of the molecule is C=CCCCOc1ccc(-c2ccc(OCc3ccc(C(O)CCC)cc3F)cc2)c(F)c1F. The lowest BCUT2D eigenvalue weighted by molar-refractivity contribution is 0.166. The van der Waals surface area contributed by atoms with E-state index in [4.69, 9.17) is 9.47 Å². The second kappa shape index (κ2) is 12.3. The van der Waals surface area contributed by atoms with Crippen LogP contribution in [-0.2, 0) is 6.61 Å². The average Bonchev–Trinajstić information content (AvgIpc) is 2.84. The summed E-state index contributed by atoms with van der Waals surface area (Å²) in [6.45, 7) is 5.83. The van der Waals surface area contributed by atoms with Crippen LogP contribution < -0.4 is 9.47 Å². The van der Waals surface area contributed by atoms with Crippen LogP contribution in [0.15, 0.2) is 67.3 Å². The predicted molar refractivity (Wildman–Crippen MR) is 127 cm³/mol. The van der Waals surface area contributed by atoms with Crippen molar-refractivity contribution in [1.82, 2.24) is 0 Å². The van der Waals surface area contributed by atoms with Gasteiger partial charge in [-0.3, -0.25) is 0 Å². The molecule has 0 aliphatic heterocycles. The van der Waals surface area contributed by atoms with Gasteiger partial charge in [0.2, 0.25) is 5.82 Å². The first kappa shape index (κ1) is 25.4. The molecule has 3 nitrogen and oxygen atoms in total. The summed E-state index contributed by atoms with van der Waals surface area (Å²) >= 11 is 0. The Labute approximate surface area is 198 Å². The number of aliphatic hydroxyl groups is 1. The molecule has 0 aliphatic rings. The Morgan fingerprint density at radius 2 is 1.74 bits per heavy atom. The summed E-state index contributed by atoms with van der Waals surface area (Å²) in [5.74, 6) is -2.13. The van der Waals surface area contributed by atoms with Crippen molar-refractivity contribution < 1.29 is 27.8 Å². The van der Waals surface area contributed by atoms with Gasteiger partial charge >= 0.3 is 0 Å². The lowest BCUT2D eigenvalue weighted by Gasteiger charge is -2.13. The van der Waals surface area contributed by atoms with Crippen molar-refractivity contribution in [2.45, 2.75) is 45.3 Å². The third-order valence-corrected chi connectivity index (χ3v) is 5.44. The van der Waals surface area contributed by atoms with Gasteiger partial charge in [-0.15, -0.1) is 6.58 Å². The Morgan fingerprint density at radius 1 is 0.971 bits per heavy atom. The summed E-state index contributed by atoms with van der Waals surface area (Å²) in [4.78, 5) is 0. The first-order chi connectivity index (χ1) is 16.4. The van der Waals surface area contributed by atoms with Gasteiger partial charge in [0, 0.05) is 11.1 Å². The number of rotatable bonds is 12. The van der Waals surface area contributed by atoms with Crippen molar-refractivity contribution >= 4 is 0 Å². The lowest BCUT2D eigenvalue weighted by atomic mass is 10.0. The van der Waals surface area contributed by atoms with E-state index in [1.165, 1.54) is 18.2 Å². The quantitative estimate of drug-likeness (QED) is 0.220. The summed E-state index contributed by atoms with van der Waals surface area (Å²) in [7, 11) is 0. The van der Waals surface area contributed by atoms with Crippen LogP contribution in [0.1, 0.15) is 49.8 Å². The molecule has 3 aromatic rings. The van der Waals surface area contributed by atoms with Gasteiger partial charge in [-0.05, 0) is 60.7 Å². The van der Waals surface area contributed by atoms with Crippen LogP contribution >= 0.6 is 0 Å². The van der Waals surface area contributed by atoms with Crippen LogP contribution in [0.25, 0.3) is 11.1 Å². The minimum absolute atomic E-state index is 0.00376. The van der Waals surface area contributed by atoms with E-state index in [1.807, 2.05) is 6.92 Å². The van der Waals surface area contributed by atoms with Gasteiger partial charge in [0.25, 0.3) is 0 Å². The van der Waals surface area contributed by atoms with Gasteiger partial charge in [0.1, 0.15) is 18.2 Å². The zero-order chi connectivity index (χ0) is 24.5. The van der Waals surface area contributed by atoms with Crippen LogP contribution in [0.2, 0.25) is 0 Å². The number of benzene rings is 3. The van der Waals surface area contributed by atoms with E-state index in [-0.39, 0.29) is 24.5 Å². The van der Waals surface area contributed by atoms with Crippen LogP contribution in [0.4, 0.5) is 13.2 Å². The molecule has 0 bridgehead atoms. The van der Waals surface area contributed by atoms with Crippen LogP contribution in [0, 0.1) is 17.5 Å². The Bertz CT molecular complexity index is 1100. The third kappa shape index (κ3) is 6.41. The third-order valence-electron chi connectivity index (χ3n) is 5.44. The Morgan fingerprint density at radius 3 is 2.41 bits per heavy atom. The zero-order valence-electron chi connectivity index (χ0n) is 19.2. The highest BCUT2D eigenvalue weighted by atomic mass is 19.2. The van der Waals surface area contributed by atoms with Gasteiger partial charge in [0.05, 0.1) is 12.7 Å². The van der Waals surface area contributed by atoms with Crippen LogP contribution in [0.3, 0.4) is 0 Å². The molecule has 0 amide bonds. The molecule has 180 valence electrons. The Kier molecular flexibility index (Phi) is 9.16. The molecule has 0 aromatic heterocycles. The number of hydrogen-bond donors (Lipinski definition) is 1. The topological polar surface area (TPSA) is 38.7 Å². The highest BCUT2D eigenvalue weighted by Gasteiger charge is 2.16. The molecule has 0 fully saturated rings. The number of unbranched alkanes of at least 4 members (excludes halogenated alkanes) is 1. The summed E-state index contributed by atoms with van der Waals surface area (Å²) in [5.41, 5.74) is 1.47. The average molecular weight is 471 g/mol.